The van der Waals surface area contributed by atoms with E-state index in [-0.39, 0.29) is 0 Å². The summed E-state index contributed by atoms with van der Waals surface area (Å²) < 4.78 is 0. The number of benzene rings is 1. The van der Waals surface area contributed by atoms with E-state index in [1.165, 1.54) is 19.3 Å². The molecule has 1 saturated carbocycles. The van der Waals surface area contributed by atoms with Gasteiger partial charge in [0.05, 0.1) is 0 Å². The average molecular weight is 275 g/mol. The molecule has 2 rings (SSSR count). The molecule has 0 heterocycles. The van der Waals surface area contributed by atoms with Gasteiger partial charge in [-0.1, -0.05) is 43.7 Å². The van der Waals surface area contributed by atoms with E-state index in [0.29, 0.717) is 6.54 Å². The van der Waals surface area contributed by atoms with Crippen LogP contribution in [0.2, 0.25) is 0 Å². The Bertz CT molecular complexity index is 442. The number of nitrogens with zero attached hydrogens (tertiary/aromatic N) is 1. The van der Waals surface area contributed by atoms with E-state index in [1.807, 2.05) is 37.3 Å². The second-order valence-electron chi connectivity index (χ2n) is 6.13. The standard InChI is InChI=1S/C17H25NO2/c1-3-18(12-14-8-7-9-14)13-17(2,16(19)20)15-10-5-4-6-11-15/h4-6,10-11,14H,3,7-9,12-13H2,1-2H3,(H,19,20). The van der Waals surface area contributed by atoms with Crippen molar-refractivity contribution in [2.45, 2.75) is 38.5 Å². The average Bonchev–Trinajstić information content (AvgIpc) is 2.41. The van der Waals surface area contributed by atoms with Crippen LogP contribution in [-0.4, -0.2) is 35.6 Å². The lowest BCUT2D eigenvalue weighted by atomic mass is 9.80. The zero-order valence-electron chi connectivity index (χ0n) is 12.5. The third-order valence-corrected chi connectivity index (χ3v) is 4.61. The van der Waals surface area contributed by atoms with Crippen molar-refractivity contribution in [1.29, 1.82) is 0 Å². The summed E-state index contributed by atoms with van der Waals surface area (Å²) in [5.74, 6) is 0.0273. The minimum Gasteiger partial charge on any atom is -0.481 e. The summed E-state index contributed by atoms with van der Waals surface area (Å²) in [4.78, 5) is 14.1. The van der Waals surface area contributed by atoms with E-state index in [2.05, 4.69) is 11.8 Å². The fourth-order valence-electron chi connectivity index (χ4n) is 2.88. The minimum atomic E-state index is -0.832. The molecule has 0 bridgehead atoms. The second kappa shape index (κ2) is 6.40. The molecule has 0 saturated heterocycles. The molecule has 1 aliphatic rings. The van der Waals surface area contributed by atoms with Crippen LogP contribution in [0.1, 0.15) is 38.7 Å². The highest BCUT2D eigenvalue weighted by Crippen LogP contribution is 2.30. The van der Waals surface area contributed by atoms with Gasteiger partial charge >= 0.3 is 5.97 Å². The molecule has 1 aliphatic carbocycles. The molecular weight excluding hydrogens is 250 g/mol. The lowest BCUT2D eigenvalue weighted by Crippen LogP contribution is -2.46. The van der Waals surface area contributed by atoms with Crippen LogP contribution in [0.25, 0.3) is 0 Å². The van der Waals surface area contributed by atoms with Crippen LogP contribution in [0, 0.1) is 5.92 Å². The molecule has 1 atom stereocenters. The largest absolute Gasteiger partial charge is 0.481 e. The van der Waals surface area contributed by atoms with Crippen molar-refractivity contribution < 1.29 is 9.90 Å². The van der Waals surface area contributed by atoms with Gasteiger partial charge in [-0.25, -0.2) is 0 Å². The maximum Gasteiger partial charge on any atom is 0.315 e. The second-order valence-corrected chi connectivity index (χ2v) is 6.13. The zero-order chi connectivity index (χ0) is 14.6. The van der Waals surface area contributed by atoms with Crippen molar-refractivity contribution in [3.05, 3.63) is 35.9 Å². The van der Waals surface area contributed by atoms with Crippen LogP contribution in [0.5, 0.6) is 0 Å². The zero-order valence-corrected chi connectivity index (χ0v) is 12.5. The van der Waals surface area contributed by atoms with Gasteiger partial charge in [-0.3, -0.25) is 4.79 Å². The Morgan fingerprint density at radius 3 is 2.45 bits per heavy atom. The van der Waals surface area contributed by atoms with Crippen LogP contribution in [0.15, 0.2) is 30.3 Å². The fraction of sp³-hybridized carbons (Fsp3) is 0.588. The molecular formula is C17H25NO2. The van der Waals surface area contributed by atoms with Gasteiger partial charge in [0, 0.05) is 13.1 Å². The number of carboxylic acid groups (broad SMARTS) is 1. The Morgan fingerprint density at radius 2 is 2.00 bits per heavy atom. The molecule has 0 amide bonds. The molecule has 0 aliphatic heterocycles. The topological polar surface area (TPSA) is 40.5 Å². The molecule has 1 unspecified atom stereocenters. The van der Waals surface area contributed by atoms with Gasteiger partial charge < -0.3 is 10.0 Å². The molecule has 0 spiro atoms. The van der Waals surface area contributed by atoms with Gasteiger partial charge in [-0.05, 0) is 37.8 Å². The Balaban J connectivity index is 2.13. The third-order valence-electron chi connectivity index (χ3n) is 4.61. The van der Waals surface area contributed by atoms with Crippen molar-refractivity contribution >= 4 is 5.97 Å². The molecule has 1 aromatic carbocycles. The maximum atomic E-state index is 11.8. The quantitative estimate of drug-likeness (QED) is 0.831. The summed E-state index contributed by atoms with van der Waals surface area (Å²) >= 11 is 0. The highest BCUT2D eigenvalue weighted by molar-refractivity contribution is 5.81. The first kappa shape index (κ1) is 15.0. The number of hydrogen-bond acceptors (Lipinski definition) is 2. The van der Waals surface area contributed by atoms with Gasteiger partial charge in [0.2, 0.25) is 0 Å². The van der Waals surface area contributed by atoms with E-state index in [4.69, 9.17) is 0 Å². The van der Waals surface area contributed by atoms with Crippen LogP contribution < -0.4 is 0 Å². The SMILES string of the molecule is CCN(CC1CCC1)CC(C)(C(=O)O)c1ccccc1. The maximum absolute atomic E-state index is 11.8. The molecule has 110 valence electrons. The summed E-state index contributed by atoms with van der Waals surface area (Å²) in [5, 5.41) is 9.71. The highest BCUT2D eigenvalue weighted by Gasteiger charge is 2.37. The highest BCUT2D eigenvalue weighted by atomic mass is 16.4. The number of carboxylic acids is 1. The van der Waals surface area contributed by atoms with Crippen LogP contribution in [-0.2, 0) is 10.2 Å². The van der Waals surface area contributed by atoms with Gasteiger partial charge in [0.25, 0.3) is 0 Å². The van der Waals surface area contributed by atoms with Crippen molar-refractivity contribution in [1.82, 2.24) is 4.90 Å². The minimum absolute atomic E-state index is 0.583. The van der Waals surface area contributed by atoms with Crippen LogP contribution >= 0.6 is 0 Å². The van der Waals surface area contributed by atoms with Crippen molar-refractivity contribution in [2.24, 2.45) is 5.92 Å². The fourth-order valence-corrected chi connectivity index (χ4v) is 2.88. The van der Waals surface area contributed by atoms with Gasteiger partial charge in [0.15, 0.2) is 0 Å². The summed E-state index contributed by atoms with van der Waals surface area (Å²) in [6.07, 6.45) is 3.92. The molecule has 1 aromatic rings. The summed E-state index contributed by atoms with van der Waals surface area (Å²) in [5.41, 5.74) is 0.0562. The predicted molar refractivity (Wildman–Crippen MR) is 80.9 cm³/mol. The molecule has 20 heavy (non-hydrogen) atoms. The van der Waals surface area contributed by atoms with Crippen LogP contribution in [0.4, 0.5) is 0 Å². The van der Waals surface area contributed by atoms with Crippen molar-refractivity contribution in [3.63, 3.8) is 0 Å². The van der Waals surface area contributed by atoms with Crippen LogP contribution in [0.3, 0.4) is 0 Å². The molecule has 0 aromatic heterocycles. The monoisotopic (exact) mass is 275 g/mol. The molecule has 3 heteroatoms. The number of carbonyl (C=O) groups is 1. The van der Waals surface area contributed by atoms with Crippen molar-refractivity contribution in [2.75, 3.05) is 19.6 Å². The number of likely N-dealkylation sites (N-methyl/N-ethyl adjacent to an activating group) is 1. The van der Waals surface area contributed by atoms with E-state index < -0.39 is 11.4 Å². The number of aliphatic carboxylic acids is 1. The Kier molecular flexibility index (Phi) is 4.81. The molecule has 1 N–H and O–H groups in total. The van der Waals surface area contributed by atoms with E-state index >= 15 is 0 Å². The third kappa shape index (κ3) is 3.21. The Hall–Kier alpha value is -1.35. The Morgan fingerprint density at radius 1 is 1.35 bits per heavy atom. The Labute approximate surface area is 121 Å². The van der Waals surface area contributed by atoms with E-state index in [9.17, 15) is 9.90 Å². The van der Waals surface area contributed by atoms with Gasteiger partial charge in [0.1, 0.15) is 5.41 Å². The number of hydrogen-bond donors (Lipinski definition) is 1. The van der Waals surface area contributed by atoms with E-state index in [1.54, 1.807) is 0 Å². The lowest BCUT2D eigenvalue weighted by Gasteiger charge is -2.36. The van der Waals surface area contributed by atoms with Crippen molar-refractivity contribution in [3.8, 4) is 0 Å². The normalized spacial score (nSPS) is 18.6. The first-order chi connectivity index (χ1) is 9.56. The summed E-state index contributed by atoms with van der Waals surface area (Å²) in [7, 11) is 0. The first-order valence-corrected chi connectivity index (χ1v) is 7.57. The van der Waals surface area contributed by atoms with Gasteiger partial charge in [-0.15, -0.1) is 0 Å². The predicted octanol–water partition coefficient (Wildman–Crippen LogP) is 3.15. The van der Waals surface area contributed by atoms with Gasteiger partial charge in [-0.2, -0.15) is 0 Å². The number of rotatable bonds is 7. The summed E-state index contributed by atoms with van der Waals surface area (Å²) in [6, 6.07) is 9.60. The molecule has 3 nitrogen and oxygen atoms in total. The smallest absolute Gasteiger partial charge is 0.315 e. The summed E-state index contributed by atoms with van der Waals surface area (Å²) in [6.45, 7) is 6.48. The lowest BCUT2D eigenvalue weighted by molar-refractivity contribution is -0.144. The first-order valence-electron chi connectivity index (χ1n) is 7.57. The van der Waals surface area contributed by atoms with E-state index in [0.717, 1.165) is 24.6 Å². The molecule has 0 radical (unpaired) electrons. The molecule has 1 fully saturated rings.